The molecule has 0 unspecified atom stereocenters. The zero-order valence-corrected chi connectivity index (χ0v) is 9.64. The van der Waals surface area contributed by atoms with E-state index < -0.39 is 5.97 Å². The van der Waals surface area contributed by atoms with Crippen molar-refractivity contribution in [2.45, 2.75) is 0 Å². The first-order chi connectivity index (χ1) is 8.65. The SMILES string of the molecule is O=C(O)c1ccc2nc(-c3ccoc3Cl)oc2c1. The second kappa shape index (κ2) is 3.89. The molecule has 18 heavy (non-hydrogen) atoms. The fourth-order valence-electron chi connectivity index (χ4n) is 1.62. The fraction of sp³-hybridized carbons (Fsp3) is 0. The van der Waals surface area contributed by atoms with Crippen molar-refractivity contribution < 1.29 is 18.7 Å². The summed E-state index contributed by atoms with van der Waals surface area (Å²) in [5, 5.41) is 9.06. The van der Waals surface area contributed by atoms with Gasteiger partial charge in [-0.15, -0.1) is 0 Å². The summed E-state index contributed by atoms with van der Waals surface area (Å²) in [5.41, 5.74) is 1.63. The van der Waals surface area contributed by atoms with Crippen LogP contribution in [0, 0.1) is 0 Å². The van der Waals surface area contributed by atoms with Crippen LogP contribution < -0.4 is 0 Å². The minimum Gasteiger partial charge on any atom is -0.478 e. The molecule has 0 bridgehead atoms. The van der Waals surface area contributed by atoms with E-state index in [-0.39, 0.29) is 10.8 Å². The molecule has 3 rings (SSSR count). The highest BCUT2D eigenvalue weighted by molar-refractivity contribution is 6.31. The lowest BCUT2D eigenvalue weighted by atomic mass is 10.2. The van der Waals surface area contributed by atoms with E-state index in [1.807, 2.05) is 0 Å². The van der Waals surface area contributed by atoms with Gasteiger partial charge in [-0.1, -0.05) is 0 Å². The number of fused-ring (bicyclic) bond motifs is 1. The van der Waals surface area contributed by atoms with Crippen molar-refractivity contribution in [3.05, 3.63) is 41.3 Å². The van der Waals surface area contributed by atoms with Crippen LogP contribution in [0.15, 0.2) is 39.4 Å². The number of hydrogen-bond donors (Lipinski definition) is 1. The highest BCUT2D eigenvalue weighted by atomic mass is 35.5. The Labute approximate surface area is 106 Å². The molecule has 0 saturated carbocycles. The number of oxazole rings is 1. The van der Waals surface area contributed by atoms with Crippen LogP contribution in [0.2, 0.25) is 5.22 Å². The van der Waals surface area contributed by atoms with Crippen molar-refractivity contribution in [1.29, 1.82) is 0 Å². The van der Waals surface area contributed by atoms with Crippen molar-refractivity contribution in [1.82, 2.24) is 4.98 Å². The molecule has 0 aliphatic heterocycles. The van der Waals surface area contributed by atoms with Gasteiger partial charge in [0.15, 0.2) is 5.58 Å². The Morgan fingerprint density at radius 3 is 2.83 bits per heavy atom. The summed E-state index contributed by atoms with van der Waals surface area (Å²) in [6.07, 6.45) is 1.43. The minimum absolute atomic E-state index is 0.142. The van der Waals surface area contributed by atoms with E-state index in [1.54, 1.807) is 12.1 Å². The van der Waals surface area contributed by atoms with Gasteiger partial charge in [-0.2, -0.15) is 0 Å². The van der Waals surface area contributed by atoms with Crippen molar-refractivity contribution in [3.8, 4) is 11.5 Å². The first-order valence-electron chi connectivity index (χ1n) is 5.02. The monoisotopic (exact) mass is 263 g/mol. The molecule has 0 fully saturated rings. The Morgan fingerprint density at radius 2 is 2.17 bits per heavy atom. The third-order valence-electron chi connectivity index (χ3n) is 2.48. The molecule has 0 aliphatic rings. The van der Waals surface area contributed by atoms with Gasteiger partial charge < -0.3 is 13.9 Å². The van der Waals surface area contributed by atoms with Crippen LogP contribution in [0.5, 0.6) is 0 Å². The molecule has 6 heteroatoms. The van der Waals surface area contributed by atoms with Crippen LogP contribution in [0.3, 0.4) is 0 Å². The van der Waals surface area contributed by atoms with Crippen molar-refractivity contribution in [3.63, 3.8) is 0 Å². The molecule has 5 nitrogen and oxygen atoms in total. The molecule has 3 aromatic rings. The predicted molar refractivity (Wildman–Crippen MR) is 63.7 cm³/mol. The number of benzene rings is 1. The molecular formula is C12H6ClNO4. The maximum absolute atomic E-state index is 10.8. The lowest BCUT2D eigenvalue weighted by Gasteiger charge is -1.91. The lowest BCUT2D eigenvalue weighted by molar-refractivity contribution is 0.0697. The summed E-state index contributed by atoms with van der Waals surface area (Å²) in [6, 6.07) is 6.10. The number of carbonyl (C=O) groups is 1. The standard InChI is InChI=1S/C12H6ClNO4/c13-10-7(3-4-17-10)11-14-8-2-1-6(12(15)16)5-9(8)18-11/h1-5H,(H,15,16). The largest absolute Gasteiger partial charge is 0.478 e. The van der Waals surface area contributed by atoms with E-state index in [1.165, 1.54) is 18.4 Å². The van der Waals surface area contributed by atoms with E-state index in [4.69, 9.17) is 25.5 Å². The van der Waals surface area contributed by atoms with Crippen molar-refractivity contribution in [2.24, 2.45) is 0 Å². The van der Waals surface area contributed by atoms with E-state index in [0.717, 1.165) is 0 Å². The highest BCUT2D eigenvalue weighted by Crippen LogP contribution is 2.30. The summed E-state index contributed by atoms with van der Waals surface area (Å²) >= 11 is 5.82. The topological polar surface area (TPSA) is 76.5 Å². The van der Waals surface area contributed by atoms with Crippen LogP contribution in [0.4, 0.5) is 0 Å². The van der Waals surface area contributed by atoms with Crippen molar-refractivity contribution in [2.75, 3.05) is 0 Å². The third-order valence-corrected chi connectivity index (χ3v) is 2.78. The molecule has 1 aromatic carbocycles. The van der Waals surface area contributed by atoms with Crippen LogP contribution in [-0.4, -0.2) is 16.1 Å². The summed E-state index contributed by atoms with van der Waals surface area (Å²) in [4.78, 5) is 15.0. The summed E-state index contributed by atoms with van der Waals surface area (Å²) in [7, 11) is 0. The average Bonchev–Trinajstić information content (AvgIpc) is 2.92. The summed E-state index contributed by atoms with van der Waals surface area (Å²) in [6.45, 7) is 0. The molecule has 0 radical (unpaired) electrons. The van der Waals surface area contributed by atoms with Gasteiger partial charge in [-0.05, 0) is 35.9 Å². The Morgan fingerprint density at radius 1 is 1.33 bits per heavy atom. The predicted octanol–water partition coefficient (Wildman–Crippen LogP) is 3.44. The maximum Gasteiger partial charge on any atom is 0.335 e. The number of aromatic nitrogens is 1. The molecule has 1 N–H and O–H groups in total. The quantitative estimate of drug-likeness (QED) is 0.766. The van der Waals surface area contributed by atoms with E-state index in [9.17, 15) is 4.79 Å². The third kappa shape index (κ3) is 1.65. The van der Waals surface area contributed by atoms with E-state index >= 15 is 0 Å². The molecule has 0 amide bonds. The van der Waals surface area contributed by atoms with Gasteiger partial charge in [0.2, 0.25) is 11.1 Å². The van der Waals surface area contributed by atoms with E-state index in [0.29, 0.717) is 22.6 Å². The van der Waals surface area contributed by atoms with Crippen LogP contribution in [0.1, 0.15) is 10.4 Å². The number of nitrogens with zero attached hydrogens (tertiary/aromatic N) is 1. The molecule has 0 saturated heterocycles. The summed E-state index contributed by atoms with van der Waals surface area (Å²) in [5.74, 6) is -0.720. The molecule has 0 aliphatic carbocycles. The number of halogens is 1. The molecule has 90 valence electrons. The second-order valence-electron chi connectivity index (χ2n) is 3.61. The average molecular weight is 264 g/mol. The van der Waals surface area contributed by atoms with Gasteiger partial charge in [-0.25, -0.2) is 9.78 Å². The summed E-state index contributed by atoms with van der Waals surface area (Å²) < 4.78 is 10.4. The Bertz CT molecular complexity index is 743. The Balaban J connectivity index is 2.17. The second-order valence-corrected chi connectivity index (χ2v) is 3.96. The van der Waals surface area contributed by atoms with Gasteiger partial charge in [0.25, 0.3) is 0 Å². The number of hydrogen-bond acceptors (Lipinski definition) is 4. The highest BCUT2D eigenvalue weighted by Gasteiger charge is 2.14. The number of rotatable bonds is 2. The number of furan rings is 1. The molecule has 0 spiro atoms. The number of carboxylic acids is 1. The van der Waals surface area contributed by atoms with Gasteiger partial charge in [-0.3, -0.25) is 0 Å². The first kappa shape index (κ1) is 10.9. The van der Waals surface area contributed by atoms with E-state index in [2.05, 4.69) is 4.98 Å². The normalized spacial score (nSPS) is 10.9. The van der Waals surface area contributed by atoms with Gasteiger partial charge in [0, 0.05) is 0 Å². The van der Waals surface area contributed by atoms with Gasteiger partial charge in [0.1, 0.15) is 5.52 Å². The molecule has 2 aromatic heterocycles. The van der Waals surface area contributed by atoms with Gasteiger partial charge in [0.05, 0.1) is 17.4 Å². The smallest absolute Gasteiger partial charge is 0.335 e. The molecular weight excluding hydrogens is 258 g/mol. The van der Waals surface area contributed by atoms with Crippen molar-refractivity contribution >= 4 is 28.7 Å². The Kier molecular flexibility index (Phi) is 2.34. The lowest BCUT2D eigenvalue weighted by Crippen LogP contribution is -1.94. The zero-order chi connectivity index (χ0) is 12.7. The zero-order valence-electron chi connectivity index (χ0n) is 8.88. The fourth-order valence-corrected chi connectivity index (χ4v) is 1.81. The van der Waals surface area contributed by atoms with Crippen LogP contribution >= 0.6 is 11.6 Å². The number of aromatic carboxylic acids is 1. The van der Waals surface area contributed by atoms with Gasteiger partial charge >= 0.3 is 5.97 Å². The van der Waals surface area contributed by atoms with Crippen LogP contribution in [0.25, 0.3) is 22.6 Å². The number of carboxylic acid groups (broad SMARTS) is 1. The maximum atomic E-state index is 10.8. The molecule has 2 heterocycles. The molecule has 0 atom stereocenters. The first-order valence-corrected chi connectivity index (χ1v) is 5.40. The van der Waals surface area contributed by atoms with Crippen LogP contribution in [-0.2, 0) is 0 Å². The minimum atomic E-state index is -1.02. The Hall–Kier alpha value is -2.27.